The van der Waals surface area contributed by atoms with E-state index in [9.17, 15) is 4.79 Å². The Labute approximate surface area is 54.7 Å². The van der Waals surface area contributed by atoms with E-state index in [2.05, 4.69) is 9.73 Å². The standard InChI is InChI=1S/C6H11NO2/c1-4-9-6(8)5(2)7-3/h4H2,1-3H3. The van der Waals surface area contributed by atoms with Gasteiger partial charge in [-0.05, 0) is 13.8 Å². The lowest BCUT2D eigenvalue weighted by molar-refractivity contribution is -0.135. The molecule has 0 spiro atoms. The summed E-state index contributed by atoms with van der Waals surface area (Å²) in [5.41, 5.74) is 0.414. The van der Waals surface area contributed by atoms with Gasteiger partial charge >= 0.3 is 5.97 Å². The first-order valence-electron chi connectivity index (χ1n) is 2.82. The fraction of sp³-hybridized carbons (Fsp3) is 0.667. The molecule has 0 saturated carbocycles. The molecule has 0 aliphatic rings. The van der Waals surface area contributed by atoms with E-state index in [0.29, 0.717) is 12.3 Å². The molecule has 0 N–H and O–H groups in total. The smallest absolute Gasteiger partial charge is 0.351 e. The summed E-state index contributed by atoms with van der Waals surface area (Å²) in [4.78, 5) is 14.3. The van der Waals surface area contributed by atoms with Crippen molar-refractivity contribution in [3.63, 3.8) is 0 Å². The normalized spacial score (nSPS) is 11.2. The first-order chi connectivity index (χ1) is 4.22. The van der Waals surface area contributed by atoms with E-state index in [-0.39, 0.29) is 5.97 Å². The molecule has 0 amide bonds. The van der Waals surface area contributed by atoms with Gasteiger partial charge in [-0.3, -0.25) is 4.99 Å². The highest BCUT2D eigenvalue weighted by atomic mass is 16.5. The van der Waals surface area contributed by atoms with E-state index in [1.807, 2.05) is 0 Å². The summed E-state index contributed by atoms with van der Waals surface area (Å²) in [7, 11) is 1.56. The van der Waals surface area contributed by atoms with Crippen LogP contribution in [-0.2, 0) is 9.53 Å². The number of hydrogen-bond donors (Lipinski definition) is 0. The SMILES string of the molecule is CCOC(=O)C(C)=NC. The average Bonchev–Trinajstić information content (AvgIpc) is 1.87. The van der Waals surface area contributed by atoms with Crippen LogP contribution < -0.4 is 0 Å². The number of esters is 1. The summed E-state index contributed by atoms with van der Waals surface area (Å²) < 4.78 is 4.62. The van der Waals surface area contributed by atoms with Gasteiger partial charge in [0.1, 0.15) is 5.71 Å². The third-order valence-corrected chi connectivity index (χ3v) is 0.906. The monoisotopic (exact) mass is 129 g/mol. The Hall–Kier alpha value is -0.860. The van der Waals surface area contributed by atoms with Crippen molar-refractivity contribution in [3.05, 3.63) is 0 Å². The number of rotatable bonds is 2. The van der Waals surface area contributed by atoms with Crippen LogP contribution in [0, 0.1) is 0 Å². The van der Waals surface area contributed by atoms with Crippen molar-refractivity contribution in [1.82, 2.24) is 0 Å². The van der Waals surface area contributed by atoms with Crippen LogP contribution in [0.15, 0.2) is 4.99 Å². The van der Waals surface area contributed by atoms with Crippen LogP contribution >= 0.6 is 0 Å². The van der Waals surface area contributed by atoms with Gasteiger partial charge in [0.05, 0.1) is 6.61 Å². The van der Waals surface area contributed by atoms with E-state index in [4.69, 9.17) is 0 Å². The maximum Gasteiger partial charge on any atom is 0.351 e. The van der Waals surface area contributed by atoms with Crippen molar-refractivity contribution >= 4 is 11.7 Å². The molecule has 52 valence electrons. The van der Waals surface area contributed by atoms with Gasteiger partial charge in [-0.2, -0.15) is 0 Å². The molecule has 3 nitrogen and oxygen atoms in total. The molecule has 0 aromatic heterocycles. The largest absolute Gasteiger partial charge is 0.462 e. The minimum absolute atomic E-state index is 0.333. The highest BCUT2D eigenvalue weighted by Gasteiger charge is 2.02. The third kappa shape index (κ3) is 2.85. The Morgan fingerprint density at radius 1 is 1.67 bits per heavy atom. The molecular weight excluding hydrogens is 118 g/mol. The quantitative estimate of drug-likeness (QED) is 0.405. The van der Waals surface area contributed by atoms with E-state index >= 15 is 0 Å². The molecule has 0 atom stereocenters. The van der Waals surface area contributed by atoms with Crippen molar-refractivity contribution < 1.29 is 9.53 Å². The number of hydrogen-bond acceptors (Lipinski definition) is 3. The summed E-state index contributed by atoms with van der Waals surface area (Å²) in [6.07, 6.45) is 0. The van der Waals surface area contributed by atoms with Gasteiger partial charge in [0.15, 0.2) is 0 Å². The fourth-order valence-corrected chi connectivity index (χ4v) is 0.327. The molecule has 0 bridgehead atoms. The zero-order valence-corrected chi connectivity index (χ0v) is 5.97. The minimum Gasteiger partial charge on any atom is -0.462 e. The zero-order valence-electron chi connectivity index (χ0n) is 5.97. The second-order valence-corrected chi connectivity index (χ2v) is 1.53. The van der Waals surface area contributed by atoms with Gasteiger partial charge in [-0.25, -0.2) is 4.79 Å². The van der Waals surface area contributed by atoms with E-state index in [1.54, 1.807) is 20.9 Å². The Morgan fingerprint density at radius 2 is 2.22 bits per heavy atom. The zero-order chi connectivity index (χ0) is 7.28. The summed E-state index contributed by atoms with van der Waals surface area (Å²) in [6.45, 7) is 3.80. The molecule has 0 rings (SSSR count). The van der Waals surface area contributed by atoms with Crippen LogP contribution in [-0.4, -0.2) is 25.3 Å². The van der Waals surface area contributed by atoms with Crippen LogP contribution in [0.2, 0.25) is 0 Å². The van der Waals surface area contributed by atoms with Crippen molar-refractivity contribution in [1.29, 1.82) is 0 Å². The Bertz CT molecular complexity index is 129. The van der Waals surface area contributed by atoms with Crippen molar-refractivity contribution in [2.45, 2.75) is 13.8 Å². The molecular formula is C6H11NO2. The summed E-state index contributed by atoms with van der Waals surface area (Å²) >= 11 is 0. The molecule has 0 aliphatic heterocycles. The molecule has 0 radical (unpaired) electrons. The maximum atomic E-state index is 10.6. The lowest BCUT2D eigenvalue weighted by Crippen LogP contribution is -2.13. The van der Waals surface area contributed by atoms with Gasteiger partial charge < -0.3 is 4.74 Å². The number of carbonyl (C=O) groups excluding carboxylic acids is 1. The highest BCUT2D eigenvalue weighted by molar-refractivity contribution is 6.35. The molecule has 0 aromatic rings. The number of nitrogens with zero attached hydrogens (tertiary/aromatic N) is 1. The van der Waals surface area contributed by atoms with Gasteiger partial charge in [0.2, 0.25) is 0 Å². The third-order valence-electron chi connectivity index (χ3n) is 0.906. The molecule has 0 heterocycles. The second kappa shape index (κ2) is 4.06. The Kier molecular flexibility index (Phi) is 3.67. The van der Waals surface area contributed by atoms with Crippen molar-refractivity contribution in [2.75, 3.05) is 13.7 Å². The lowest BCUT2D eigenvalue weighted by Gasteiger charge is -1.97. The molecule has 0 saturated heterocycles. The Morgan fingerprint density at radius 3 is 2.56 bits per heavy atom. The molecule has 0 fully saturated rings. The number of carbonyl (C=O) groups is 1. The van der Waals surface area contributed by atoms with Crippen molar-refractivity contribution in [2.24, 2.45) is 4.99 Å². The van der Waals surface area contributed by atoms with Gasteiger partial charge in [0.25, 0.3) is 0 Å². The van der Waals surface area contributed by atoms with Gasteiger partial charge in [-0.1, -0.05) is 0 Å². The summed E-state index contributed by atoms with van der Waals surface area (Å²) in [5.74, 6) is -0.333. The van der Waals surface area contributed by atoms with Gasteiger partial charge in [-0.15, -0.1) is 0 Å². The molecule has 0 unspecified atom stereocenters. The Balaban J connectivity index is 3.74. The van der Waals surface area contributed by atoms with E-state index in [0.717, 1.165) is 0 Å². The summed E-state index contributed by atoms with van der Waals surface area (Å²) in [5, 5.41) is 0. The number of aliphatic imine (C=N–C) groups is 1. The van der Waals surface area contributed by atoms with E-state index in [1.165, 1.54) is 0 Å². The maximum absolute atomic E-state index is 10.6. The first kappa shape index (κ1) is 8.14. The highest BCUT2D eigenvalue weighted by Crippen LogP contribution is 1.81. The lowest BCUT2D eigenvalue weighted by atomic mass is 10.4. The van der Waals surface area contributed by atoms with Crippen LogP contribution in [0.3, 0.4) is 0 Å². The predicted molar refractivity (Wildman–Crippen MR) is 35.7 cm³/mol. The van der Waals surface area contributed by atoms with Gasteiger partial charge in [0, 0.05) is 7.05 Å². The molecule has 3 heteroatoms. The first-order valence-corrected chi connectivity index (χ1v) is 2.82. The predicted octanol–water partition coefficient (Wildman–Crippen LogP) is 0.640. The van der Waals surface area contributed by atoms with E-state index < -0.39 is 0 Å². The minimum atomic E-state index is -0.333. The fourth-order valence-electron chi connectivity index (χ4n) is 0.327. The number of ether oxygens (including phenoxy) is 1. The van der Waals surface area contributed by atoms with Crippen LogP contribution in [0.5, 0.6) is 0 Å². The topological polar surface area (TPSA) is 38.7 Å². The molecule has 0 aliphatic carbocycles. The van der Waals surface area contributed by atoms with Crippen LogP contribution in [0.4, 0.5) is 0 Å². The second-order valence-electron chi connectivity index (χ2n) is 1.53. The van der Waals surface area contributed by atoms with Crippen LogP contribution in [0.1, 0.15) is 13.8 Å². The van der Waals surface area contributed by atoms with Crippen LogP contribution in [0.25, 0.3) is 0 Å². The average molecular weight is 129 g/mol. The molecule has 9 heavy (non-hydrogen) atoms. The summed E-state index contributed by atoms with van der Waals surface area (Å²) in [6, 6.07) is 0. The van der Waals surface area contributed by atoms with Crippen molar-refractivity contribution in [3.8, 4) is 0 Å². The molecule has 0 aromatic carbocycles.